The highest BCUT2D eigenvalue weighted by Gasteiger charge is 2.17. The average Bonchev–Trinajstić information content (AvgIpc) is 2.55. The molecule has 1 aromatic carbocycles. The summed E-state index contributed by atoms with van der Waals surface area (Å²) in [5.41, 5.74) is 2.61. The summed E-state index contributed by atoms with van der Waals surface area (Å²) in [5, 5.41) is 27.2. The van der Waals surface area contributed by atoms with Crippen LogP contribution < -0.4 is 0 Å². The molecule has 1 rings (SSSR count). The number of aromatic hydroxyl groups is 1. The second-order valence-corrected chi connectivity index (χ2v) is 4.45. The molecule has 0 amide bonds. The van der Waals surface area contributed by atoms with E-state index in [4.69, 9.17) is 10.2 Å². The molecule has 0 atom stereocenters. The Bertz CT molecular complexity index is 583. The third-order valence-electron chi connectivity index (χ3n) is 3.11. The lowest BCUT2D eigenvalue weighted by Gasteiger charge is -2.20. The van der Waals surface area contributed by atoms with Gasteiger partial charge in [-0.2, -0.15) is 0 Å². The summed E-state index contributed by atoms with van der Waals surface area (Å²) >= 11 is 0. The molecule has 0 spiro atoms. The van der Waals surface area contributed by atoms with Gasteiger partial charge in [0, 0.05) is 5.92 Å². The van der Waals surface area contributed by atoms with Gasteiger partial charge in [-0.25, -0.2) is 0 Å². The van der Waals surface area contributed by atoms with Gasteiger partial charge in [-0.05, 0) is 41.0 Å². The number of aliphatic hydroxyl groups is 2. The first-order valence-electron chi connectivity index (χ1n) is 6.73. The van der Waals surface area contributed by atoms with Gasteiger partial charge in [0.05, 0.1) is 12.5 Å². The van der Waals surface area contributed by atoms with E-state index < -0.39 is 0 Å². The van der Waals surface area contributed by atoms with Crippen molar-refractivity contribution in [2.45, 2.75) is 5.92 Å². The lowest BCUT2D eigenvalue weighted by Crippen LogP contribution is -2.03. The van der Waals surface area contributed by atoms with Crippen LogP contribution in [0.4, 0.5) is 0 Å². The summed E-state index contributed by atoms with van der Waals surface area (Å²) in [6.07, 6.45) is 11.8. The van der Waals surface area contributed by atoms with E-state index in [1.54, 1.807) is 48.6 Å². The van der Waals surface area contributed by atoms with Crippen LogP contribution in [-0.2, 0) is 0 Å². The molecule has 0 saturated heterocycles. The highest BCUT2D eigenvalue weighted by molar-refractivity contribution is 5.48. The zero-order valence-electron chi connectivity index (χ0n) is 12.3. The highest BCUT2D eigenvalue weighted by Crippen LogP contribution is 2.34. The lowest BCUT2D eigenvalue weighted by atomic mass is 9.84. The first-order valence-corrected chi connectivity index (χ1v) is 6.73. The van der Waals surface area contributed by atoms with Crippen molar-refractivity contribution in [3.63, 3.8) is 0 Å². The van der Waals surface area contributed by atoms with Gasteiger partial charge >= 0.3 is 0 Å². The smallest absolute Gasteiger partial charge is 0.115 e. The molecular formula is C19H20O3. The van der Waals surface area contributed by atoms with Crippen LogP contribution >= 0.6 is 0 Å². The van der Waals surface area contributed by atoms with E-state index >= 15 is 0 Å². The lowest BCUT2D eigenvalue weighted by molar-refractivity contribution is 0.473. The van der Waals surface area contributed by atoms with Crippen molar-refractivity contribution < 1.29 is 15.3 Å². The Kier molecular flexibility index (Phi) is 7.06. The molecule has 0 bridgehead atoms. The molecule has 114 valence electrons. The van der Waals surface area contributed by atoms with Crippen LogP contribution in [0.5, 0.6) is 5.75 Å². The Morgan fingerprint density at radius 3 is 1.68 bits per heavy atom. The third kappa shape index (κ3) is 4.56. The fourth-order valence-electron chi connectivity index (χ4n) is 2.12. The molecule has 1 aromatic rings. The molecule has 22 heavy (non-hydrogen) atoms. The Balaban J connectivity index is 3.45. The zero-order valence-corrected chi connectivity index (χ0v) is 12.3. The number of allylic oxidation sites excluding steroid dienone is 8. The van der Waals surface area contributed by atoms with Crippen LogP contribution in [0.15, 0.2) is 97.5 Å². The topological polar surface area (TPSA) is 60.7 Å². The van der Waals surface area contributed by atoms with Crippen LogP contribution in [0, 0.1) is 0 Å². The monoisotopic (exact) mass is 296 g/mol. The molecular weight excluding hydrogens is 276 g/mol. The van der Waals surface area contributed by atoms with Crippen molar-refractivity contribution in [1.29, 1.82) is 0 Å². The van der Waals surface area contributed by atoms with Crippen LogP contribution in [-0.4, -0.2) is 15.3 Å². The summed E-state index contributed by atoms with van der Waals surface area (Å²) in [7, 11) is 0. The van der Waals surface area contributed by atoms with Crippen molar-refractivity contribution in [1.82, 2.24) is 0 Å². The van der Waals surface area contributed by atoms with Crippen molar-refractivity contribution in [2.24, 2.45) is 0 Å². The second-order valence-electron chi connectivity index (χ2n) is 4.45. The maximum absolute atomic E-state index is 9.45. The quantitative estimate of drug-likeness (QED) is 0.498. The predicted octanol–water partition coefficient (Wildman–Crippen LogP) is 4.84. The van der Waals surface area contributed by atoms with E-state index in [0.717, 1.165) is 29.2 Å². The number of hydrogen-bond donors (Lipinski definition) is 3. The number of phenols is 1. The summed E-state index contributed by atoms with van der Waals surface area (Å²) in [6.45, 7) is 7.63. The van der Waals surface area contributed by atoms with Crippen molar-refractivity contribution in [3.05, 3.63) is 103 Å². The number of hydrogen-bond acceptors (Lipinski definition) is 3. The van der Waals surface area contributed by atoms with Gasteiger partial charge < -0.3 is 15.3 Å². The fraction of sp³-hybridized carbons (Fsp3) is 0.0526. The van der Waals surface area contributed by atoms with E-state index in [2.05, 4.69) is 13.2 Å². The summed E-state index contributed by atoms with van der Waals surface area (Å²) in [4.78, 5) is 0. The summed E-state index contributed by atoms with van der Waals surface area (Å²) in [6, 6.07) is 6.82. The van der Waals surface area contributed by atoms with E-state index in [-0.39, 0.29) is 11.7 Å². The van der Waals surface area contributed by atoms with E-state index in [1.165, 1.54) is 12.2 Å². The summed E-state index contributed by atoms with van der Waals surface area (Å²) in [5.74, 6) is -0.00993. The van der Waals surface area contributed by atoms with Gasteiger partial charge in [-0.1, -0.05) is 49.6 Å². The standard InChI is InChI=1S/C19H20O3/c1-3-15(7-5-13-20)19(16(4-2)8-6-14-21)17-9-11-18(22)12-10-17/h3-14,19-22H,1-2H2/b13-5+,14-6+,15-7+,16-8+. The molecule has 0 unspecified atom stereocenters. The van der Waals surface area contributed by atoms with Crippen LogP contribution in [0.2, 0.25) is 0 Å². The molecule has 3 heteroatoms. The van der Waals surface area contributed by atoms with Gasteiger partial charge in [0.1, 0.15) is 5.75 Å². The normalized spacial score (nSPS) is 14.4. The van der Waals surface area contributed by atoms with Gasteiger partial charge in [0.2, 0.25) is 0 Å². The second kappa shape index (κ2) is 9.08. The van der Waals surface area contributed by atoms with E-state index in [0.29, 0.717) is 0 Å². The molecule has 0 heterocycles. The molecule has 3 N–H and O–H groups in total. The SMILES string of the molecule is C=C/C(=C\C=C\O)C(/C(C=C)=C/C=C/O)c1ccc(O)cc1. The van der Waals surface area contributed by atoms with Crippen LogP contribution in [0.3, 0.4) is 0 Å². The molecule has 3 nitrogen and oxygen atoms in total. The van der Waals surface area contributed by atoms with Gasteiger partial charge in [0.25, 0.3) is 0 Å². The van der Waals surface area contributed by atoms with E-state index in [1.807, 2.05) is 0 Å². The molecule has 0 aliphatic heterocycles. The number of aliphatic hydroxyl groups excluding tert-OH is 2. The van der Waals surface area contributed by atoms with Crippen molar-refractivity contribution in [3.8, 4) is 5.75 Å². The molecule has 0 fully saturated rings. The Morgan fingerprint density at radius 2 is 1.32 bits per heavy atom. The average molecular weight is 296 g/mol. The van der Waals surface area contributed by atoms with E-state index in [9.17, 15) is 5.11 Å². The maximum atomic E-state index is 9.45. The van der Waals surface area contributed by atoms with Gasteiger partial charge in [-0.3, -0.25) is 0 Å². The first-order chi connectivity index (χ1) is 10.7. The highest BCUT2D eigenvalue weighted by atomic mass is 16.3. The Morgan fingerprint density at radius 1 is 0.864 bits per heavy atom. The van der Waals surface area contributed by atoms with Crippen molar-refractivity contribution in [2.75, 3.05) is 0 Å². The van der Waals surface area contributed by atoms with Crippen LogP contribution in [0.1, 0.15) is 11.5 Å². The molecule has 0 saturated carbocycles. The number of rotatable bonds is 7. The Labute approximate surface area is 130 Å². The van der Waals surface area contributed by atoms with Crippen LogP contribution in [0.25, 0.3) is 0 Å². The first kappa shape index (κ1) is 17.1. The summed E-state index contributed by atoms with van der Waals surface area (Å²) < 4.78 is 0. The minimum atomic E-state index is -0.192. The molecule has 0 aliphatic rings. The zero-order chi connectivity index (χ0) is 16.4. The predicted molar refractivity (Wildman–Crippen MR) is 90.9 cm³/mol. The Hall–Kier alpha value is -2.94. The number of phenolic OH excluding ortho intramolecular Hbond substituents is 1. The van der Waals surface area contributed by atoms with Gasteiger partial charge in [0.15, 0.2) is 0 Å². The largest absolute Gasteiger partial charge is 0.516 e. The molecule has 0 radical (unpaired) electrons. The maximum Gasteiger partial charge on any atom is 0.115 e. The third-order valence-corrected chi connectivity index (χ3v) is 3.11. The fourth-order valence-corrected chi connectivity index (χ4v) is 2.12. The minimum Gasteiger partial charge on any atom is -0.516 e. The van der Waals surface area contributed by atoms with Crippen molar-refractivity contribution >= 4 is 0 Å². The minimum absolute atomic E-state index is 0.182. The van der Waals surface area contributed by atoms with Gasteiger partial charge in [-0.15, -0.1) is 0 Å². The number of benzene rings is 1. The molecule has 0 aliphatic carbocycles. The molecule has 0 aromatic heterocycles.